The molecule has 15 heavy (non-hydrogen) atoms. The zero-order valence-corrected chi connectivity index (χ0v) is 10.5. The van der Waals surface area contributed by atoms with Crippen LogP contribution in [0, 0.1) is 11.8 Å². The second kappa shape index (κ2) is 4.26. The van der Waals surface area contributed by atoms with Crippen LogP contribution in [-0.2, 0) is 10.1 Å². The summed E-state index contributed by atoms with van der Waals surface area (Å²) in [5.74, 6) is 2.15. The molecule has 4 atom stereocenters. The zero-order chi connectivity index (χ0) is 11.1. The van der Waals surface area contributed by atoms with Crippen LogP contribution in [0.15, 0.2) is 0 Å². The molecular weight excluding hydrogens is 232 g/mol. The van der Waals surface area contributed by atoms with Crippen molar-refractivity contribution in [1.82, 2.24) is 0 Å². The number of rotatable bonds is 4. The van der Waals surface area contributed by atoms with Gasteiger partial charge in [0.2, 0.25) is 0 Å². The minimum absolute atomic E-state index is 0.472. The van der Waals surface area contributed by atoms with Gasteiger partial charge in [-0.05, 0) is 38.0 Å². The molecule has 88 valence electrons. The molecule has 0 aromatic carbocycles. The van der Waals surface area contributed by atoms with Gasteiger partial charge in [-0.2, -0.15) is 11.8 Å². The molecule has 2 saturated carbocycles. The lowest BCUT2D eigenvalue weighted by atomic mass is 10.0. The van der Waals surface area contributed by atoms with Crippen molar-refractivity contribution in [2.24, 2.45) is 11.8 Å². The van der Waals surface area contributed by atoms with E-state index >= 15 is 0 Å². The van der Waals surface area contributed by atoms with Crippen LogP contribution < -0.4 is 0 Å². The summed E-state index contributed by atoms with van der Waals surface area (Å²) in [5.41, 5.74) is 0. The molecule has 5 heteroatoms. The quantitative estimate of drug-likeness (QED) is 0.713. The van der Waals surface area contributed by atoms with Crippen LogP contribution in [0.5, 0.6) is 0 Å². The molecule has 2 fully saturated rings. The topological polar surface area (TPSA) is 57.2 Å². The van der Waals surface area contributed by atoms with E-state index in [0.29, 0.717) is 11.0 Å². The van der Waals surface area contributed by atoms with Crippen molar-refractivity contribution in [3.05, 3.63) is 0 Å². The largest absolute Gasteiger partial charge is 0.748 e. The third-order valence-corrected chi connectivity index (χ3v) is 6.77. The highest BCUT2D eigenvalue weighted by Crippen LogP contribution is 2.49. The third kappa shape index (κ3) is 2.68. The lowest BCUT2D eigenvalue weighted by Gasteiger charge is -2.23. The van der Waals surface area contributed by atoms with Gasteiger partial charge in [-0.15, -0.1) is 0 Å². The minimum atomic E-state index is -4.08. The van der Waals surface area contributed by atoms with E-state index in [9.17, 15) is 13.0 Å². The fourth-order valence-corrected chi connectivity index (χ4v) is 5.08. The third-order valence-electron chi connectivity index (χ3n) is 3.71. The summed E-state index contributed by atoms with van der Waals surface area (Å²) >= 11 is 1.70. The van der Waals surface area contributed by atoms with Crippen molar-refractivity contribution in [2.45, 2.75) is 43.1 Å². The van der Waals surface area contributed by atoms with Crippen LogP contribution in [0.3, 0.4) is 0 Å². The number of fused-ring (bicyclic) bond motifs is 2. The van der Waals surface area contributed by atoms with Gasteiger partial charge in [0.25, 0.3) is 0 Å². The summed E-state index contributed by atoms with van der Waals surface area (Å²) < 4.78 is 32.2. The van der Waals surface area contributed by atoms with Gasteiger partial charge in [-0.1, -0.05) is 6.42 Å². The molecule has 2 aliphatic carbocycles. The molecule has 0 spiro atoms. The average molecular weight is 249 g/mol. The summed E-state index contributed by atoms with van der Waals surface area (Å²) in [6.45, 7) is 1.52. The Morgan fingerprint density at radius 3 is 2.60 bits per heavy atom. The maximum absolute atomic E-state index is 10.7. The second-order valence-electron chi connectivity index (χ2n) is 4.85. The Labute approximate surface area is 95.8 Å². The summed E-state index contributed by atoms with van der Waals surface area (Å²) in [7, 11) is -4.08. The Kier molecular flexibility index (Phi) is 3.33. The smallest absolute Gasteiger partial charge is 0.0980 e. The standard InChI is InChI=1S/C10H18O3S2/c1-7(15(11,12)13)6-14-10-5-8-2-3-9(10)4-8/h7-10H,2-6H2,1H3,(H,11,12,13)/p-1. The second-order valence-corrected chi connectivity index (χ2v) is 7.91. The Bertz CT molecular complexity index is 326. The van der Waals surface area contributed by atoms with Crippen LogP contribution in [0.25, 0.3) is 0 Å². The van der Waals surface area contributed by atoms with Crippen molar-refractivity contribution >= 4 is 21.9 Å². The molecule has 0 amide bonds. The van der Waals surface area contributed by atoms with Crippen LogP contribution in [0.4, 0.5) is 0 Å². The van der Waals surface area contributed by atoms with Crippen LogP contribution >= 0.6 is 11.8 Å². The molecule has 0 heterocycles. The van der Waals surface area contributed by atoms with Crippen molar-refractivity contribution in [3.63, 3.8) is 0 Å². The SMILES string of the molecule is CC(CSC1CC2CCC1C2)S(=O)(=O)[O-]. The highest BCUT2D eigenvalue weighted by Gasteiger charge is 2.39. The van der Waals surface area contributed by atoms with Gasteiger partial charge in [0, 0.05) is 11.0 Å². The number of thioether (sulfide) groups is 1. The summed E-state index contributed by atoms with van der Waals surface area (Å²) in [4.78, 5) is 0. The maximum atomic E-state index is 10.7. The van der Waals surface area contributed by atoms with Gasteiger partial charge in [0.05, 0.1) is 15.4 Å². The number of hydrogen-bond donors (Lipinski definition) is 0. The number of hydrogen-bond acceptors (Lipinski definition) is 4. The normalized spacial score (nSPS) is 37.1. The van der Waals surface area contributed by atoms with Crippen LogP contribution in [0.1, 0.15) is 32.6 Å². The summed E-state index contributed by atoms with van der Waals surface area (Å²) in [6, 6.07) is 0. The van der Waals surface area contributed by atoms with Crippen LogP contribution in [-0.4, -0.2) is 29.2 Å². The van der Waals surface area contributed by atoms with Gasteiger partial charge in [0.1, 0.15) is 0 Å². The van der Waals surface area contributed by atoms with Crippen molar-refractivity contribution < 1.29 is 13.0 Å². The first-order valence-corrected chi connectivity index (χ1v) is 8.05. The predicted molar refractivity (Wildman–Crippen MR) is 60.9 cm³/mol. The van der Waals surface area contributed by atoms with Gasteiger partial charge < -0.3 is 4.55 Å². The molecule has 0 aromatic rings. The first kappa shape index (κ1) is 11.7. The minimum Gasteiger partial charge on any atom is -0.748 e. The molecule has 0 radical (unpaired) electrons. The molecule has 3 nitrogen and oxygen atoms in total. The maximum Gasteiger partial charge on any atom is 0.0980 e. The lowest BCUT2D eigenvalue weighted by Crippen LogP contribution is -2.22. The van der Waals surface area contributed by atoms with E-state index in [1.165, 1.54) is 32.6 Å². The van der Waals surface area contributed by atoms with Gasteiger partial charge in [0.15, 0.2) is 0 Å². The lowest BCUT2D eigenvalue weighted by molar-refractivity contribution is 0.454. The molecule has 2 aliphatic rings. The first-order valence-electron chi connectivity index (χ1n) is 5.53. The zero-order valence-electron chi connectivity index (χ0n) is 8.89. The molecule has 4 unspecified atom stereocenters. The Balaban J connectivity index is 1.80. The van der Waals surface area contributed by atoms with E-state index in [4.69, 9.17) is 0 Å². The molecule has 0 saturated heterocycles. The molecule has 2 rings (SSSR count). The molecule has 0 aromatic heterocycles. The first-order chi connectivity index (χ1) is 6.97. The fourth-order valence-electron chi connectivity index (χ4n) is 2.73. The Hall–Kier alpha value is 0.260. The van der Waals surface area contributed by atoms with Crippen molar-refractivity contribution in [3.8, 4) is 0 Å². The van der Waals surface area contributed by atoms with Crippen molar-refractivity contribution in [2.75, 3.05) is 5.75 Å². The monoisotopic (exact) mass is 249 g/mol. The highest BCUT2D eigenvalue weighted by atomic mass is 32.2. The van der Waals surface area contributed by atoms with Gasteiger partial charge in [-0.25, -0.2) is 8.42 Å². The van der Waals surface area contributed by atoms with Crippen LogP contribution in [0.2, 0.25) is 0 Å². The highest BCUT2D eigenvalue weighted by molar-refractivity contribution is 8.00. The summed E-state index contributed by atoms with van der Waals surface area (Å²) in [6.07, 6.45) is 5.23. The predicted octanol–water partition coefficient (Wildman–Crippen LogP) is 1.84. The van der Waals surface area contributed by atoms with E-state index in [-0.39, 0.29) is 0 Å². The van der Waals surface area contributed by atoms with E-state index < -0.39 is 15.4 Å². The fraction of sp³-hybridized carbons (Fsp3) is 1.00. The van der Waals surface area contributed by atoms with E-state index in [2.05, 4.69) is 0 Å². The van der Waals surface area contributed by atoms with Gasteiger partial charge in [-0.3, -0.25) is 0 Å². The molecular formula is C10H17O3S2-. The van der Waals surface area contributed by atoms with E-state index in [0.717, 1.165) is 11.8 Å². The van der Waals surface area contributed by atoms with Crippen molar-refractivity contribution in [1.29, 1.82) is 0 Å². The van der Waals surface area contributed by atoms with Gasteiger partial charge >= 0.3 is 0 Å². The van der Waals surface area contributed by atoms with E-state index in [1.807, 2.05) is 0 Å². The molecule has 0 N–H and O–H groups in total. The average Bonchev–Trinajstić information content (AvgIpc) is 2.73. The molecule has 0 aliphatic heterocycles. The summed E-state index contributed by atoms with van der Waals surface area (Å²) in [5, 5.41) is -0.116. The molecule has 2 bridgehead atoms. The van der Waals surface area contributed by atoms with E-state index in [1.54, 1.807) is 11.8 Å². The Morgan fingerprint density at radius 2 is 2.13 bits per heavy atom. The Morgan fingerprint density at radius 1 is 1.40 bits per heavy atom.